The van der Waals surface area contributed by atoms with E-state index in [1.165, 1.54) is 0 Å². The van der Waals surface area contributed by atoms with Crippen LogP contribution in [0.1, 0.15) is 5.56 Å². The van der Waals surface area contributed by atoms with E-state index in [2.05, 4.69) is 9.97 Å². The van der Waals surface area contributed by atoms with E-state index in [4.69, 9.17) is 22.1 Å². The molecule has 2 N–H and O–H groups in total. The number of ether oxygens (including phenoxy) is 1. The number of hydrogen-bond donors (Lipinski definition) is 1. The molecule has 0 amide bonds. The van der Waals surface area contributed by atoms with Crippen LogP contribution >= 0.6 is 11.6 Å². The first kappa shape index (κ1) is 11.8. The molecule has 1 aromatic carbocycles. The first-order chi connectivity index (χ1) is 8.24. The van der Waals surface area contributed by atoms with Crippen molar-refractivity contribution < 1.29 is 4.74 Å². The summed E-state index contributed by atoms with van der Waals surface area (Å²) in [5, 5.41) is 0.618. The lowest BCUT2D eigenvalue weighted by atomic mass is 10.2. The molecule has 0 atom stereocenters. The van der Waals surface area contributed by atoms with Gasteiger partial charge in [0.15, 0.2) is 5.82 Å². The third kappa shape index (κ3) is 2.54. The maximum absolute atomic E-state index is 5.95. The van der Waals surface area contributed by atoms with Crippen LogP contribution in [0.25, 0.3) is 11.4 Å². The van der Waals surface area contributed by atoms with Gasteiger partial charge in [0.1, 0.15) is 5.75 Å². The van der Waals surface area contributed by atoms with Crippen LogP contribution < -0.4 is 10.5 Å². The van der Waals surface area contributed by atoms with Crippen molar-refractivity contribution in [1.29, 1.82) is 0 Å². The van der Waals surface area contributed by atoms with E-state index in [1.807, 2.05) is 0 Å². The number of nitrogens with zero attached hydrogens (tertiary/aromatic N) is 2. The SMILES string of the molecule is COc1ccc(Cl)cc1-c1ncc(CN)cn1. The van der Waals surface area contributed by atoms with Crippen molar-refractivity contribution in [1.82, 2.24) is 9.97 Å². The summed E-state index contributed by atoms with van der Waals surface area (Å²) < 4.78 is 5.25. The van der Waals surface area contributed by atoms with E-state index in [0.29, 0.717) is 23.1 Å². The van der Waals surface area contributed by atoms with Gasteiger partial charge in [-0.3, -0.25) is 0 Å². The van der Waals surface area contributed by atoms with E-state index in [1.54, 1.807) is 37.7 Å². The van der Waals surface area contributed by atoms with Crippen LogP contribution in [-0.4, -0.2) is 17.1 Å². The maximum atomic E-state index is 5.95. The smallest absolute Gasteiger partial charge is 0.162 e. The number of nitrogens with two attached hydrogens (primary N) is 1. The molecule has 88 valence electrons. The topological polar surface area (TPSA) is 61.0 Å². The van der Waals surface area contributed by atoms with Crippen molar-refractivity contribution in [3.63, 3.8) is 0 Å². The summed E-state index contributed by atoms with van der Waals surface area (Å²) >= 11 is 5.95. The number of rotatable bonds is 3. The number of hydrogen-bond acceptors (Lipinski definition) is 4. The lowest BCUT2D eigenvalue weighted by Gasteiger charge is -2.07. The normalized spacial score (nSPS) is 10.3. The quantitative estimate of drug-likeness (QED) is 0.907. The second-order valence-electron chi connectivity index (χ2n) is 3.46. The molecule has 5 heteroatoms. The number of methoxy groups -OCH3 is 1. The zero-order chi connectivity index (χ0) is 12.3. The molecule has 0 aliphatic heterocycles. The van der Waals surface area contributed by atoms with Gasteiger partial charge in [0.05, 0.1) is 12.7 Å². The van der Waals surface area contributed by atoms with Crippen molar-refractivity contribution in [3.8, 4) is 17.1 Å². The first-order valence-electron chi connectivity index (χ1n) is 5.09. The Hall–Kier alpha value is -1.65. The van der Waals surface area contributed by atoms with Gasteiger partial charge in [-0.1, -0.05) is 11.6 Å². The number of halogens is 1. The standard InChI is InChI=1S/C12H12ClN3O/c1-17-11-3-2-9(13)4-10(11)12-15-6-8(5-14)7-16-12/h2-4,6-7H,5,14H2,1H3. The molecule has 0 saturated carbocycles. The van der Waals surface area contributed by atoms with E-state index in [-0.39, 0.29) is 0 Å². The molecule has 0 spiro atoms. The molecular formula is C12H12ClN3O. The summed E-state index contributed by atoms with van der Waals surface area (Å²) in [6.45, 7) is 0.424. The summed E-state index contributed by atoms with van der Waals surface area (Å²) in [6.07, 6.45) is 3.39. The van der Waals surface area contributed by atoms with Crippen LogP contribution in [0.3, 0.4) is 0 Å². The van der Waals surface area contributed by atoms with Gasteiger partial charge >= 0.3 is 0 Å². The largest absolute Gasteiger partial charge is 0.496 e. The average molecular weight is 250 g/mol. The Kier molecular flexibility index (Phi) is 3.56. The zero-order valence-electron chi connectivity index (χ0n) is 9.35. The zero-order valence-corrected chi connectivity index (χ0v) is 10.1. The Morgan fingerprint density at radius 1 is 1.29 bits per heavy atom. The summed E-state index contributed by atoms with van der Waals surface area (Å²) in [5.41, 5.74) is 7.14. The van der Waals surface area contributed by atoms with Gasteiger partial charge in [0.2, 0.25) is 0 Å². The van der Waals surface area contributed by atoms with Crippen molar-refractivity contribution in [3.05, 3.63) is 41.2 Å². The minimum Gasteiger partial charge on any atom is -0.496 e. The highest BCUT2D eigenvalue weighted by Crippen LogP contribution is 2.29. The molecule has 0 bridgehead atoms. The average Bonchev–Trinajstić information content (AvgIpc) is 2.39. The molecule has 2 aromatic rings. The number of aromatic nitrogens is 2. The molecular weight excluding hydrogens is 238 g/mol. The Morgan fingerprint density at radius 3 is 2.59 bits per heavy atom. The Labute approximate surface area is 104 Å². The molecule has 17 heavy (non-hydrogen) atoms. The van der Waals surface area contributed by atoms with Crippen LogP contribution in [0.5, 0.6) is 5.75 Å². The predicted octanol–water partition coefficient (Wildman–Crippen LogP) is 2.26. The van der Waals surface area contributed by atoms with E-state index in [9.17, 15) is 0 Å². The second-order valence-corrected chi connectivity index (χ2v) is 3.90. The van der Waals surface area contributed by atoms with Crippen LogP contribution in [0, 0.1) is 0 Å². The molecule has 2 rings (SSSR count). The molecule has 1 aromatic heterocycles. The molecule has 1 heterocycles. The Bertz CT molecular complexity index is 514. The minimum absolute atomic E-state index is 0.424. The summed E-state index contributed by atoms with van der Waals surface area (Å²) in [7, 11) is 1.60. The van der Waals surface area contributed by atoms with Crippen LogP contribution in [0.4, 0.5) is 0 Å². The van der Waals surface area contributed by atoms with Gasteiger partial charge in [0.25, 0.3) is 0 Å². The van der Waals surface area contributed by atoms with Crippen LogP contribution in [-0.2, 0) is 6.54 Å². The molecule has 0 aliphatic carbocycles. The van der Waals surface area contributed by atoms with E-state index >= 15 is 0 Å². The summed E-state index contributed by atoms with van der Waals surface area (Å²) in [5.74, 6) is 1.26. The lowest BCUT2D eigenvalue weighted by molar-refractivity contribution is 0.416. The molecule has 4 nitrogen and oxygen atoms in total. The highest BCUT2D eigenvalue weighted by Gasteiger charge is 2.09. The van der Waals surface area contributed by atoms with Crippen molar-refractivity contribution in [2.75, 3.05) is 7.11 Å². The van der Waals surface area contributed by atoms with Gasteiger partial charge in [0, 0.05) is 29.5 Å². The summed E-state index contributed by atoms with van der Waals surface area (Å²) in [6, 6.07) is 5.33. The van der Waals surface area contributed by atoms with Crippen molar-refractivity contribution in [2.45, 2.75) is 6.54 Å². The predicted molar refractivity (Wildman–Crippen MR) is 66.9 cm³/mol. The van der Waals surface area contributed by atoms with Gasteiger partial charge < -0.3 is 10.5 Å². The van der Waals surface area contributed by atoms with E-state index < -0.39 is 0 Å². The van der Waals surface area contributed by atoms with Crippen LogP contribution in [0.15, 0.2) is 30.6 Å². The highest BCUT2D eigenvalue weighted by atomic mass is 35.5. The first-order valence-corrected chi connectivity index (χ1v) is 5.47. The fraction of sp³-hybridized carbons (Fsp3) is 0.167. The minimum atomic E-state index is 0.424. The lowest BCUT2D eigenvalue weighted by Crippen LogP contribution is -1.99. The molecule has 0 radical (unpaired) electrons. The molecule has 0 fully saturated rings. The van der Waals surface area contributed by atoms with Gasteiger partial charge in [-0.25, -0.2) is 9.97 Å². The maximum Gasteiger partial charge on any atom is 0.162 e. The van der Waals surface area contributed by atoms with Crippen molar-refractivity contribution in [2.24, 2.45) is 5.73 Å². The number of benzene rings is 1. The molecule has 0 unspecified atom stereocenters. The van der Waals surface area contributed by atoms with Gasteiger partial charge in [-0.2, -0.15) is 0 Å². The fourth-order valence-corrected chi connectivity index (χ4v) is 1.63. The third-order valence-corrected chi connectivity index (χ3v) is 2.58. The van der Waals surface area contributed by atoms with Crippen molar-refractivity contribution >= 4 is 11.6 Å². The third-order valence-electron chi connectivity index (χ3n) is 2.34. The second kappa shape index (κ2) is 5.12. The van der Waals surface area contributed by atoms with Gasteiger partial charge in [-0.15, -0.1) is 0 Å². The highest BCUT2D eigenvalue weighted by molar-refractivity contribution is 6.30. The van der Waals surface area contributed by atoms with Crippen LogP contribution in [0.2, 0.25) is 5.02 Å². The van der Waals surface area contributed by atoms with E-state index in [0.717, 1.165) is 11.1 Å². The molecule has 0 aliphatic rings. The fourth-order valence-electron chi connectivity index (χ4n) is 1.45. The van der Waals surface area contributed by atoms with Gasteiger partial charge in [-0.05, 0) is 18.2 Å². The molecule has 0 saturated heterocycles. The Balaban J connectivity index is 2.47. The Morgan fingerprint density at radius 2 is 2.00 bits per heavy atom. The monoisotopic (exact) mass is 249 g/mol. The summed E-state index contributed by atoms with van der Waals surface area (Å²) in [4.78, 5) is 8.48.